The summed E-state index contributed by atoms with van der Waals surface area (Å²) in [5.41, 5.74) is -3.84. The smallest absolute Gasteiger partial charge is 0.416 e. The van der Waals surface area contributed by atoms with Gasteiger partial charge in [0.1, 0.15) is 0 Å². The van der Waals surface area contributed by atoms with Crippen molar-refractivity contribution < 1.29 is 40.5 Å². The lowest BCUT2D eigenvalue weighted by Crippen LogP contribution is -2.39. The Hall–Kier alpha value is -2.64. The highest BCUT2D eigenvalue weighted by Crippen LogP contribution is 2.36. The number of carboxylic acid groups (broad SMARTS) is 1. The second-order valence-electron chi connectivity index (χ2n) is 6.47. The fourth-order valence-corrected chi connectivity index (χ4v) is 4.05. The van der Waals surface area contributed by atoms with E-state index in [-0.39, 0.29) is 42.0 Å². The van der Waals surface area contributed by atoms with Crippen LogP contribution in [0.3, 0.4) is 0 Å². The van der Waals surface area contributed by atoms with Gasteiger partial charge in [-0.2, -0.15) is 26.3 Å². The Labute approximate surface area is 167 Å². The summed E-state index contributed by atoms with van der Waals surface area (Å²) in [7, 11) is -1.10. The number of halogens is 6. The molecule has 1 aromatic carbocycles. The van der Waals surface area contributed by atoms with Crippen molar-refractivity contribution in [3.05, 3.63) is 40.6 Å². The predicted octanol–water partition coefficient (Wildman–Crippen LogP) is 2.63. The van der Waals surface area contributed by atoms with Gasteiger partial charge in [0, 0.05) is 35.4 Å². The first-order valence-corrected chi connectivity index (χ1v) is 9.90. The zero-order chi connectivity index (χ0) is 22.3. The number of benzene rings is 1. The SMILES string of the molecule is O=C(O)c1nnn(Cc2cc(C(F)(F)F)cc(C(F)(F)F)c2)c1N1CCS(=O)CC1. The van der Waals surface area contributed by atoms with E-state index in [9.17, 15) is 40.5 Å². The van der Waals surface area contributed by atoms with Gasteiger partial charge >= 0.3 is 18.3 Å². The van der Waals surface area contributed by atoms with Gasteiger partial charge in [0.25, 0.3) is 0 Å². The minimum absolute atomic E-state index is 0.00831. The Morgan fingerprint density at radius 1 is 1.03 bits per heavy atom. The number of aromatic nitrogens is 3. The molecule has 1 aliphatic heterocycles. The third-order valence-electron chi connectivity index (χ3n) is 4.37. The summed E-state index contributed by atoms with van der Waals surface area (Å²) in [5.74, 6) is -1.06. The highest BCUT2D eigenvalue weighted by Gasteiger charge is 2.37. The van der Waals surface area contributed by atoms with Crippen molar-refractivity contribution in [2.75, 3.05) is 29.5 Å². The molecule has 0 spiro atoms. The average Bonchev–Trinajstić information content (AvgIpc) is 3.04. The average molecular weight is 456 g/mol. The van der Waals surface area contributed by atoms with Gasteiger partial charge < -0.3 is 10.0 Å². The lowest BCUT2D eigenvalue weighted by Gasteiger charge is -2.28. The molecule has 164 valence electrons. The first kappa shape index (κ1) is 22.1. The van der Waals surface area contributed by atoms with Crippen molar-refractivity contribution in [1.82, 2.24) is 15.0 Å². The molecule has 1 fully saturated rings. The van der Waals surface area contributed by atoms with Crippen LogP contribution < -0.4 is 4.90 Å². The molecule has 2 heterocycles. The molecule has 0 aliphatic carbocycles. The van der Waals surface area contributed by atoms with Gasteiger partial charge in [0.05, 0.1) is 17.7 Å². The molecule has 1 saturated heterocycles. The van der Waals surface area contributed by atoms with Crippen molar-refractivity contribution in [2.45, 2.75) is 18.9 Å². The van der Waals surface area contributed by atoms with E-state index in [1.165, 1.54) is 4.90 Å². The predicted molar refractivity (Wildman–Crippen MR) is 92.6 cm³/mol. The molecule has 1 N–H and O–H groups in total. The number of rotatable bonds is 4. The summed E-state index contributed by atoms with van der Waals surface area (Å²) >= 11 is 0. The van der Waals surface area contributed by atoms with Crippen molar-refractivity contribution >= 4 is 22.6 Å². The number of carbonyl (C=O) groups is 1. The molecule has 0 bridgehead atoms. The van der Waals surface area contributed by atoms with E-state index in [2.05, 4.69) is 10.3 Å². The number of anilines is 1. The Bertz CT molecular complexity index is 946. The van der Waals surface area contributed by atoms with Crippen molar-refractivity contribution in [1.29, 1.82) is 0 Å². The van der Waals surface area contributed by atoms with E-state index >= 15 is 0 Å². The Morgan fingerprint density at radius 2 is 1.57 bits per heavy atom. The summed E-state index contributed by atoms with van der Waals surface area (Å²) in [6.45, 7) is -0.213. The van der Waals surface area contributed by atoms with Gasteiger partial charge in [0.15, 0.2) is 5.82 Å². The highest BCUT2D eigenvalue weighted by atomic mass is 32.2. The summed E-state index contributed by atoms with van der Waals surface area (Å²) in [6.07, 6.45) is -10.0. The summed E-state index contributed by atoms with van der Waals surface area (Å²) in [5, 5.41) is 16.4. The number of nitrogens with zero attached hydrogens (tertiary/aromatic N) is 4. The summed E-state index contributed by atoms with van der Waals surface area (Å²) < 4.78 is 90.9. The fourth-order valence-electron chi connectivity index (χ4n) is 3.00. The molecule has 0 unspecified atom stereocenters. The normalized spacial score (nSPS) is 16.1. The van der Waals surface area contributed by atoms with Gasteiger partial charge in [0.2, 0.25) is 5.69 Å². The molecule has 1 aliphatic rings. The van der Waals surface area contributed by atoms with Gasteiger partial charge in [-0.3, -0.25) is 4.21 Å². The van der Waals surface area contributed by atoms with E-state index in [0.29, 0.717) is 12.1 Å². The monoisotopic (exact) mass is 456 g/mol. The van der Waals surface area contributed by atoms with Gasteiger partial charge in [-0.25, -0.2) is 9.48 Å². The number of aromatic carboxylic acids is 1. The molecular weight excluding hydrogens is 442 g/mol. The topological polar surface area (TPSA) is 88.3 Å². The van der Waals surface area contributed by atoms with Gasteiger partial charge in [-0.1, -0.05) is 5.21 Å². The van der Waals surface area contributed by atoms with Crippen LogP contribution in [0, 0.1) is 0 Å². The molecule has 2 aromatic rings. The quantitative estimate of drug-likeness (QED) is 0.712. The second-order valence-corrected chi connectivity index (χ2v) is 8.17. The van der Waals surface area contributed by atoms with Crippen LogP contribution in [0.1, 0.15) is 27.2 Å². The van der Waals surface area contributed by atoms with Crippen LogP contribution in [0.5, 0.6) is 0 Å². The van der Waals surface area contributed by atoms with Crippen molar-refractivity contribution in [3.8, 4) is 0 Å². The Morgan fingerprint density at radius 3 is 2.03 bits per heavy atom. The van der Waals surface area contributed by atoms with Crippen LogP contribution in [-0.4, -0.2) is 54.9 Å². The molecule has 0 radical (unpaired) electrons. The fraction of sp³-hybridized carbons (Fsp3) is 0.438. The lowest BCUT2D eigenvalue weighted by atomic mass is 10.0. The first-order valence-electron chi connectivity index (χ1n) is 8.41. The molecular formula is C16H14F6N4O3S. The molecule has 1 aromatic heterocycles. The van der Waals surface area contributed by atoms with E-state index in [4.69, 9.17) is 0 Å². The Balaban J connectivity index is 2.04. The van der Waals surface area contributed by atoms with Gasteiger partial charge in [-0.15, -0.1) is 5.10 Å². The van der Waals surface area contributed by atoms with Gasteiger partial charge in [-0.05, 0) is 23.8 Å². The molecule has 7 nitrogen and oxygen atoms in total. The maximum absolute atomic E-state index is 13.1. The van der Waals surface area contributed by atoms with E-state index in [0.717, 1.165) is 4.68 Å². The molecule has 30 heavy (non-hydrogen) atoms. The maximum atomic E-state index is 13.1. The second kappa shape index (κ2) is 7.89. The highest BCUT2D eigenvalue weighted by molar-refractivity contribution is 7.85. The zero-order valence-corrected chi connectivity index (χ0v) is 15.8. The summed E-state index contributed by atoms with van der Waals surface area (Å²) in [4.78, 5) is 13.0. The molecule has 0 atom stereocenters. The molecule has 3 rings (SSSR count). The van der Waals surface area contributed by atoms with Crippen LogP contribution in [0.4, 0.5) is 32.2 Å². The van der Waals surface area contributed by atoms with Crippen molar-refractivity contribution in [2.24, 2.45) is 0 Å². The Kier molecular flexibility index (Phi) is 5.80. The van der Waals surface area contributed by atoms with Crippen LogP contribution in [0.25, 0.3) is 0 Å². The van der Waals surface area contributed by atoms with E-state index in [1.54, 1.807) is 0 Å². The van der Waals surface area contributed by atoms with Crippen molar-refractivity contribution in [3.63, 3.8) is 0 Å². The van der Waals surface area contributed by atoms with Crippen LogP contribution in [0.15, 0.2) is 18.2 Å². The minimum Gasteiger partial charge on any atom is -0.476 e. The lowest BCUT2D eigenvalue weighted by molar-refractivity contribution is -0.143. The van der Waals surface area contributed by atoms with Crippen LogP contribution in [0.2, 0.25) is 0 Å². The third-order valence-corrected chi connectivity index (χ3v) is 5.64. The molecule has 0 saturated carbocycles. The largest absolute Gasteiger partial charge is 0.476 e. The minimum atomic E-state index is -5.01. The number of hydrogen-bond acceptors (Lipinski definition) is 5. The maximum Gasteiger partial charge on any atom is 0.416 e. The molecule has 0 amide bonds. The first-order chi connectivity index (χ1) is 13.9. The summed E-state index contributed by atoms with van der Waals surface area (Å²) in [6, 6.07) is 1.10. The standard InChI is InChI=1S/C16H14F6N4O3S/c17-15(18,19)10-5-9(6-11(7-10)16(20,21)22)8-26-13(12(14(27)28)23-24-26)25-1-3-30(29)4-2-25/h5-7H,1-4,8H2,(H,27,28). The van der Waals surface area contributed by atoms with Crippen LogP contribution in [-0.2, 0) is 29.7 Å². The van der Waals surface area contributed by atoms with Crippen LogP contribution >= 0.6 is 0 Å². The van der Waals surface area contributed by atoms with E-state index in [1.807, 2.05) is 0 Å². The van der Waals surface area contributed by atoms with E-state index < -0.39 is 52.5 Å². The number of alkyl halides is 6. The number of hydrogen-bond donors (Lipinski definition) is 1. The molecule has 14 heteroatoms. The third kappa shape index (κ3) is 4.74. The zero-order valence-electron chi connectivity index (χ0n) is 15.0. The number of carboxylic acids is 1.